The minimum atomic E-state index is -0.851. The number of piperidine rings is 1. The van der Waals surface area contributed by atoms with Gasteiger partial charge < -0.3 is 41.0 Å². The van der Waals surface area contributed by atoms with Gasteiger partial charge in [0.1, 0.15) is 30.3 Å². The number of likely N-dealkylation sites (N-methyl/N-ethyl adjacent to an activating group) is 1. The molecule has 1 fully saturated rings. The molecule has 6 N–H and O–H groups in total. The van der Waals surface area contributed by atoms with E-state index >= 15 is 0 Å². The molecule has 1 amide bonds. The molecule has 13 nitrogen and oxygen atoms in total. The van der Waals surface area contributed by atoms with Crippen LogP contribution in [0.25, 0.3) is 6.08 Å². The first-order chi connectivity index (χ1) is 31.7. The molecule has 1 aliphatic heterocycles. The van der Waals surface area contributed by atoms with E-state index in [9.17, 15) is 29.4 Å². The Morgan fingerprint density at radius 3 is 2.22 bits per heavy atom. The first-order valence-electron chi connectivity index (χ1n) is 21.9. The van der Waals surface area contributed by atoms with Gasteiger partial charge in [-0.3, -0.25) is 24.1 Å². The van der Waals surface area contributed by atoms with Gasteiger partial charge >= 0.3 is 5.97 Å². The van der Waals surface area contributed by atoms with Crippen LogP contribution in [0.5, 0.6) is 11.5 Å². The van der Waals surface area contributed by atoms with E-state index in [1.807, 2.05) is 73.8 Å². The molecule has 0 aliphatic carbocycles. The van der Waals surface area contributed by atoms with Crippen molar-refractivity contribution in [2.75, 3.05) is 65.3 Å². The van der Waals surface area contributed by atoms with E-state index in [2.05, 4.69) is 50.4 Å². The number of nitrogens with one attached hydrogen (secondary N) is 4. The topological polar surface area (TPSA) is 179 Å². The molecule has 0 saturated carbocycles. The van der Waals surface area contributed by atoms with Crippen LogP contribution in [0.1, 0.15) is 68.6 Å². The number of aldehydes is 2. The van der Waals surface area contributed by atoms with Gasteiger partial charge in [0.05, 0.1) is 18.4 Å². The molecule has 6 rings (SSSR count). The second-order valence-corrected chi connectivity index (χ2v) is 15.6. The van der Waals surface area contributed by atoms with E-state index in [4.69, 9.17) is 9.47 Å². The average molecular weight is 884 g/mol. The summed E-state index contributed by atoms with van der Waals surface area (Å²) in [7, 11) is 3.49. The lowest BCUT2D eigenvalue weighted by Gasteiger charge is -2.32. The van der Waals surface area contributed by atoms with Crippen molar-refractivity contribution in [2.45, 2.75) is 38.0 Å². The number of aliphatic hydroxyl groups excluding tert-OH is 1. The fraction of sp³-hybridized carbons (Fsp3) is 0.308. The Bertz CT molecular complexity index is 2270. The Morgan fingerprint density at radius 2 is 1.54 bits per heavy atom. The summed E-state index contributed by atoms with van der Waals surface area (Å²) in [6.07, 6.45) is 5.41. The lowest BCUT2D eigenvalue weighted by molar-refractivity contribution is -0.146. The van der Waals surface area contributed by atoms with Gasteiger partial charge in [0.15, 0.2) is 6.29 Å². The van der Waals surface area contributed by atoms with Gasteiger partial charge in [-0.2, -0.15) is 0 Å². The predicted octanol–water partition coefficient (Wildman–Crippen LogP) is 6.27. The first-order valence-corrected chi connectivity index (χ1v) is 21.9. The molecule has 0 bridgehead atoms. The number of esters is 1. The Morgan fingerprint density at radius 1 is 0.831 bits per heavy atom. The highest BCUT2D eigenvalue weighted by atomic mass is 16.5. The fourth-order valence-corrected chi connectivity index (χ4v) is 7.59. The van der Waals surface area contributed by atoms with Crippen molar-refractivity contribution >= 4 is 36.2 Å². The van der Waals surface area contributed by atoms with Gasteiger partial charge in [0.25, 0.3) is 5.91 Å². The molecule has 1 aliphatic rings. The number of phenolic OH excluding ortho intramolecular Hbond substituents is 1. The molecule has 342 valence electrons. The summed E-state index contributed by atoms with van der Waals surface area (Å²) in [5.74, 6) is 0.0455. The number of carbonyl (C=O) groups excluding carboxylic acids is 4. The summed E-state index contributed by atoms with van der Waals surface area (Å²) in [4.78, 5) is 49.2. The van der Waals surface area contributed by atoms with E-state index in [0.29, 0.717) is 72.9 Å². The quantitative estimate of drug-likeness (QED) is 0.0151. The number of hydrogen-bond donors (Lipinski definition) is 6. The molecule has 0 radical (unpaired) electrons. The normalized spacial score (nSPS) is 13.8. The largest absolute Gasteiger partial charge is 0.506 e. The number of amides is 1. The number of allylic oxidation sites excluding steroid dienone is 1. The van der Waals surface area contributed by atoms with E-state index in [0.717, 1.165) is 49.2 Å². The lowest BCUT2D eigenvalue weighted by Crippen LogP contribution is -2.35. The fourth-order valence-electron chi connectivity index (χ4n) is 7.59. The summed E-state index contributed by atoms with van der Waals surface area (Å²) >= 11 is 0. The van der Waals surface area contributed by atoms with Crippen LogP contribution >= 0.6 is 0 Å². The van der Waals surface area contributed by atoms with Crippen LogP contribution in [-0.2, 0) is 32.2 Å². The Labute approximate surface area is 381 Å². The molecule has 2 atom stereocenters. The summed E-state index contributed by atoms with van der Waals surface area (Å²) in [5.41, 5.74) is 6.14. The van der Waals surface area contributed by atoms with Gasteiger partial charge in [0.2, 0.25) is 0 Å². The van der Waals surface area contributed by atoms with Crippen molar-refractivity contribution < 1.29 is 38.9 Å². The Kier molecular flexibility index (Phi) is 20.4. The smallest absolute Gasteiger partial charge is 0.317 e. The van der Waals surface area contributed by atoms with Crippen molar-refractivity contribution in [3.8, 4) is 11.5 Å². The van der Waals surface area contributed by atoms with Crippen LogP contribution in [0.4, 0.5) is 5.69 Å². The van der Waals surface area contributed by atoms with Crippen molar-refractivity contribution in [3.63, 3.8) is 0 Å². The molecule has 5 aromatic carbocycles. The van der Waals surface area contributed by atoms with E-state index in [1.165, 1.54) is 17.7 Å². The van der Waals surface area contributed by atoms with Crippen LogP contribution in [-0.4, -0.2) is 99.6 Å². The maximum Gasteiger partial charge on any atom is 0.317 e. The Hall–Kier alpha value is -6.64. The molecule has 1 unspecified atom stereocenters. The van der Waals surface area contributed by atoms with Gasteiger partial charge in [0, 0.05) is 50.9 Å². The van der Waals surface area contributed by atoms with Gasteiger partial charge in [-0.1, -0.05) is 91.0 Å². The number of benzene rings is 5. The maximum atomic E-state index is 13.3. The highest BCUT2D eigenvalue weighted by molar-refractivity contribution is 5.94. The second kappa shape index (κ2) is 26.9. The third-order valence-electron chi connectivity index (χ3n) is 11.0. The average Bonchev–Trinajstić information content (AvgIpc) is 3.33. The minimum Gasteiger partial charge on any atom is -0.506 e. The van der Waals surface area contributed by atoms with Gasteiger partial charge in [-0.25, -0.2) is 0 Å². The summed E-state index contributed by atoms with van der Waals surface area (Å²) < 4.78 is 11.3. The number of nitrogens with zero attached hydrogens (tertiary/aromatic N) is 1. The number of aromatic hydroxyl groups is 1. The number of carbonyl (C=O) groups is 4. The minimum absolute atomic E-state index is 0.0210. The number of ether oxygens (including phenoxy) is 2. The lowest BCUT2D eigenvalue weighted by atomic mass is 9.91. The Balaban J connectivity index is 0.000000245. The second-order valence-electron chi connectivity index (χ2n) is 15.6. The number of hydrogen-bond acceptors (Lipinski definition) is 12. The molecule has 65 heavy (non-hydrogen) atoms. The van der Waals surface area contributed by atoms with Crippen LogP contribution in [0.3, 0.4) is 0 Å². The summed E-state index contributed by atoms with van der Waals surface area (Å²) in [6, 6.07) is 37.9. The standard InChI is InChI=1S/C29H31NO4.C23H30N4O4/c31-18-19-33-27-13-7-12-26(20-27)28(25-10-5-2-6-11-25)29(32)34-22-24-14-16-30(17-15-24)21-23-8-3-1-4-9-23;1-24-11-12-27-23(31)17-7-5-16(6-8-17)14-26-15-21(30)18-9-10-20(29)22(25-2)19(18)4-3-13-28/h1-13,18,20,24,28H,14-17,19,21-22H2;3-10,13,21,24-26,29-30H,11-12,14-15H2,1-2H3,(H,27,31)/b;4-3-/t;21-/m.0/s1. The van der Waals surface area contributed by atoms with Crippen molar-refractivity contribution in [1.29, 1.82) is 0 Å². The molecule has 5 aromatic rings. The monoisotopic (exact) mass is 883 g/mol. The van der Waals surface area contributed by atoms with Crippen LogP contribution < -0.4 is 26.0 Å². The van der Waals surface area contributed by atoms with Gasteiger partial charge in [-0.05, 0) is 109 Å². The number of phenols is 1. The van der Waals surface area contributed by atoms with Crippen LogP contribution in [0.2, 0.25) is 0 Å². The molecular formula is C52H61N5O8. The molecular weight excluding hydrogens is 823 g/mol. The zero-order valence-corrected chi connectivity index (χ0v) is 37.2. The molecule has 0 aromatic heterocycles. The maximum absolute atomic E-state index is 13.3. The zero-order valence-electron chi connectivity index (χ0n) is 37.2. The van der Waals surface area contributed by atoms with E-state index in [-0.39, 0.29) is 30.8 Å². The van der Waals surface area contributed by atoms with E-state index in [1.54, 1.807) is 37.4 Å². The van der Waals surface area contributed by atoms with Crippen molar-refractivity contribution in [2.24, 2.45) is 5.92 Å². The van der Waals surface area contributed by atoms with Crippen molar-refractivity contribution in [3.05, 3.63) is 166 Å². The van der Waals surface area contributed by atoms with Gasteiger partial charge in [-0.15, -0.1) is 0 Å². The third-order valence-corrected chi connectivity index (χ3v) is 11.0. The van der Waals surface area contributed by atoms with Crippen LogP contribution in [0.15, 0.2) is 127 Å². The highest BCUT2D eigenvalue weighted by Crippen LogP contribution is 2.34. The molecule has 1 saturated heterocycles. The summed E-state index contributed by atoms with van der Waals surface area (Å²) in [6.45, 7) is 5.44. The van der Waals surface area contributed by atoms with E-state index < -0.39 is 12.0 Å². The highest BCUT2D eigenvalue weighted by Gasteiger charge is 2.27. The number of likely N-dealkylation sites (tertiary alicyclic amines) is 1. The summed E-state index contributed by atoms with van der Waals surface area (Å²) in [5, 5.41) is 32.6. The number of aliphatic hydroxyl groups is 1. The predicted molar refractivity (Wildman–Crippen MR) is 254 cm³/mol. The zero-order chi connectivity index (χ0) is 46.2. The molecule has 0 spiro atoms. The van der Waals surface area contributed by atoms with Crippen LogP contribution in [0, 0.1) is 5.92 Å². The first kappa shape index (κ1) is 49.4. The van der Waals surface area contributed by atoms with Crippen molar-refractivity contribution in [1.82, 2.24) is 20.9 Å². The molecule has 1 heterocycles. The molecule has 13 heteroatoms. The number of anilines is 1. The number of rotatable bonds is 22. The third kappa shape index (κ3) is 15.5. The SMILES string of the molecule is CNCCNC(=O)c1ccc(CNC[C@H](O)c2ccc(O)c(NC)c2/C=C\C=O)cc1.O=CCOc1cccc(C(C(=O)OCC2CCN(Cc3ccccc3)CC2)c2ccccc2)c1.